The van der Waals surface area contributed by atoms with E-state index in [0.29, 0.717) is 0 Å². The maximum atomic E-state index is 14.2. The number of aromatic nitrogens is 3. The molecule has 0 saturated heterocycles. The van der Waals surface area contributed by atoms with Gasteiger partial charge in [0.2, 0.25) is 34.7 Å². The van der Waals surface area contributed by atoms with Crippen LogP contribution in [0.4, 0.5) is 52.7 Å². The standard InChI is InChI=1S/C18H6BF12N3O3/c20-1-4-7(23)10(26)13(16(29)32-4)35-19(36-14-11(27)8(24)5(2-21)33-17(14)30)37-15-12(28)9(25)6(3-22)34-18(15)31/h1-3H2. The van der Waals surface area contributed by atoms with Gasteiger partial charge < -0.3 is 14.0 Å². The monoisotopic (exact) mass is 551 g/mol. The molecule has 0 bridgehead atoms. The molecule has 6 nitrogen and oxygen atoms in total. The molecule has 0 atom stereocenters. The molecule has 3 aromatic heterocycles. The molecule has 0 N–H and O–H groups in total. The molecule has 0 radical (unpaired) electrons. The largest absolute Gasteiger partial charge is 0.864 e. The SMILES string of the molecule is FCc1nc(F)c(OB(Oc2c(F)nc(CF)c(F)c2F)Oc2c(F)nc(CF)c(F)c2F)c(F)c1F. The normalized spacial score (nSPS) is 11.0. The fourth-order valence-corrected chi connectivity index (χ4v) is 2.53. The smallest absolute Gasteiger partial charge is 0.483 e. The summed E-state index contributed by atoms with van der Waals surface area (Å²) in [7, 11) is -3.27. The van der Waals surface area contributed by atoms with E-state index < -0.39 is 114 Å². The topological polar surface area (TPSA) is 66.4 Å². The van der Waals surface area contributed by atoms with Gasteiger partial charge in [-0.3, -0.25) is 0 Å². The van der Waals surface area contributed by atoms with Crippen molar-refractivity contribution in [2.45, 2.75) is 20.0 Å². The van der Waals surface area contributed by atoms with Crippen molar-refractivity contribution in [3.05, 3.63) is 69.8 Å². The molecule has 19 heteroatoms. The van der Waals surface area contributed by atoms with Gasteiger partial charge in [0, 0.05) is 0 Å². The van der Waals surface area contributed by atoms with Gasteiger partial charge in [-0.05, 0) is 0 Å². The zero-order valence-corrected chi connectivity index (χ0v) is 17.3. The number of hydrogen-bond acceptors (Lipinski definition) is 6. The summed E-state index contributed by atoms with van der Waals surface area (Å²) in [6.45, 7) is -5.50. The van der Waals surface area contributed by atoms with Gasteiger partial charge in [0.1, 0.15) is 37.1 Å². The number of rotatable bonds is 9. The first kappa shape index (κ1) is 27.7. The van der Waals surface area contributed by atoms with Crippen molar-refractivity contribution in [1.29, 1.82) is 0 Å². The predicted molar refractivity (Wildman–Crippen MR) is 94.4 cm³/mol. The summed E-state index contributed by atoms with van der Waals surface area (Å²) in [6.07, 6.45) is 0. The highest BCUT2D eigenvalue weighted by Crippen LogP contribution is 2.31. The molecule has 0 aliphatic rings. The Morgan fingerprint density at radius 2 is 0.676 bits per heavy atom. The van der Waals surface area contributed by atoms with Crippen molar-refractivity contribution in [3.8, 4) is 17.2 Å². The molecular formula is C18H6BF12N3O3. The van der Waals surface area contributed by atoms with Crippen LogP contribution in [0.5, 0.6) is 17.2 Å². The minimum Gasteiger partial charge on any atom is -0.483 e. The van der Waals surface area contributed by atoms with Crippen LogP contribution in [0.15, 0.2) is 0 Å². The maximum absolute atomic E-state index is 14.2. The molecular weight excluding hydrogens is 545 g/mol. The number of nitrogens with zero attached hydrogens (tertiary/aromatic N) is 3. The van der Waals surface area contributed by atoms with Gasteiger partial charge in [-0.1, -0.05) is 0 Å². The Bertz CT molecular complexity index is 1190. The Kier molecular flexibility index (Phi) is 8.22. The van der Waals surface area contributed by atoms with Crippen LogP contribution in [0.1, 0.15) is 17.1 Å². The van der Waals surface area contributed by atoms with E-state index in [1.807, 2.05) is 0 Å². The Balaban J connectivity index is 2.13. The Labute approximate surface area is 197 Å². The van der Waals surface area contributed by atoms with Gasteiger partial charge in [-0.15, -0.1) is 0 Å². The number of pyridine rings is 3. The van der Waals surface area contributed by atoms with E-state index in [4.69, 9.17) is 0 Å². The van der Waals surface area contributed by atoms with E-state index in [1.165, 1.54) is 0 Å². The second kappa shape index (κ2) is 11.0. The van der Waals surface area contributed by atoms with Crippen molar-refractivity contribution < 1.29 is 66.6 Å². The van der Waals surface area contributed by atoms with Crippen LogP contribution in [0.2, 0.25) is 0 Å². The van der Waals surface area contributed by atoms with Crippen molar-refractivity contribution >= 4 is 7.32 Å². The lowest BCUT2D eigenvalue weighted by Gasteiger charge is -2.18. The zero-order valence-electron chi connectivity index (χ0n) is 17.3. The molecule has 37 heavy (non-hydrogen) atoms. The number of alkyl halides is 3. The highest BCUT2D eigenvalue weighted by Gasteiger charge is 2.40. The molecule has 198 valence electrons. The second-order valence-corrected chi connectivity index (χ2v) is 6.46. The first-order valence-electron chi connectivity index (χ1n) is 9.22. The van der Waals surface area contributed by atoms with E-state index in [1.54, 1.807) is 0 Å². The van der Waals surface area contributed by atoms with Crippen molar-refractivity contribution in [1.82, 2.24) is 15.0 Å². The van der Waals surface area contributed by atoms with Gasteiger partial charge >= 0.3 is 7.32 Å². The summed E-state index contributed by atoms with van der Waals surface area (Å²) in [6, 6.07) is 0. The molecule has 3 heterocycles. The quantitative estimate of drug-likeness (QED) is 0.211. The molecule has 0 fully saturated rings. The minimum absolute atomic E-state index is 1.42. The molecule has 0 aliphatic carbocycles. The highest BCUT2D eigenvalue weighted by molar-refractivity contribution is 6.39. The van der Waals surface area contributed by atoms with Crippen LogP contribution < -0.4 is 14.0 Å². The molecule has 3 aromatic rings. The lowest BCUT2D eigenvalue weighted by molar-refractivity contribution is 0.253. The van der Waals surface area contributed by atoms with Crippen molar-refractivity contribution in [3.63, 3.8) is 0 Å². The molecule has 0 aliphatic heterocycles. The molecule has 0 saturated carbocycles. The zero-order chi connectivity index (χ0) is 27.6. The Hall–Kier alpha value is -3.93. The maximum Gasteiger partial charge on any atom is 0.864 e. The summed E-state index contributed by atoms with van der Waals surface area (Å²) < 4.78 is 177. The number of hydrogen-bond donors (Lipinski definition) is 0. The third kappa shape index (κ3) is 5.29. The van der Waals surface area contributed by atoms with E-state index in [2.05, 4.69) is 28.9 Å². The highest BCUT2D eigenvalue weighted by atomic mass is 19.2. The summed E-state index contributed by atoms with van der Waals surface area (Å²) in [5, 5.41) is 0. The third-order valence-electron chi connectivity index (χ3n) is 4.22. The summed E-state index contributed by atoms with van der Waals surface area (Å²) >= 11 is 0. The van der Waals surface area contributed by atoms with Crippen LogP contribution in [-0.2, 0) is 20.0 Å². The first-order valence-corrected chi connectivity index (χ1v) is 9.22. The molecule has 0 amide bonds. The van der Waals surface area contributed by atoms with Gasteiger partial charge in [0.05, 0.1) is 0 Å². The van der Waals surface area contributed by atoms with E-state index in [9.17, 15) is 52.7 Å². The van der Waals surface area contributed by atoms with Gasteiger partial charge in [-0.25, -0.2) is 41.3 Å². The van der Waals surface area contributed by atoms with Gasteiger partial charge in [-0.2, -0.15) is 26.3 Å². The van der Waals surface area contributed by atoms with Crippen LogP contribution in [0, 0.1) is 52.7 Å². The lowest BCUT2D eigenvalue weighted by atomic mass is 10.2. The van der Waals surface area contributed by atoms with Crippen LogP contribution in [-0.4, -0.2) is 22.3 Å². The van der Waals surface area contributed by atoms with Crippen molar-refractivity contribution in [2.75, 3.05) is 0 Å². The average Bonchev–Trinajstić information content (AvgIpc) is 2.87. The Morgan fingerprint density at radius 3 is 0.892 bits per heavy atom. The van der Waals surface area contributed by atoms with Crippen LogP contribution in [0.25, 0.3) is 0 Å². The molecule has 3 rings (SSSR count). The lowest BCUT2D eigenvalue weighted by Crippen LogP contribution is -2.39. The fraction of sp³-hybridized carbons (Fsp3) is 0.167. The number of halogens is 12. The summed E-state index contributed by atoms with van der Waals surface area (Å²) in [5.41, 5.74) is -4.26. The third-order valence-corrected chi connectivity index (χ3v) is 4.22. The Morgan fingerprint density at radius 1 is 0.432 bits per heavy atom. The average molecular weight is 551 g/mol. The predicted octanol–water partition coefficient (Wildman–Crippen LogP) is 5.05. The van der Waals surface area contributed by atoms with Gasteiger partial charge in [0.15, 0.2) is 17.5 Å². The van der Waals surface area contributed by atoms with Crippen molar-refractivity contribution in [2.24, 2.45) is 0 Å². The fourth-order valence-electron chi connectivity index (χ4n) is 2.53. The van der Waals surface area contributed by atoms with E-state index in [0.717, 1.165) is 0 Å². The summed E-state index contributed by atoms with van der Waals surface area (Å²) in [5.74, 6) is -26.1. The first-order chi connectivity index (χ1) is 17.4. The molecule has 0 spiro atoms. The second-order valence-electron chi connectivity index (χ2n) is 6.46. The van der Waals surface area contributed by atoms with E-state index in [-0.39, 0.29) is 0 Å². The molecule has 0 unspecified atom stereocenters. The summed E-state index contributed by atoms with van der Waals surface area (Å²) in [4.78, 5) is 7.94. The molecule has 0 aromatic carbocycles. The minimum atomic E-state index is -3.27. The van der Waals surface area contributed by atoms with Crippen LogP contribution >= 0.6 is 0 Å². The van der Waals surface area contributed by atoms with Crippen LogP contribution in [0.3, 0.4) is 0 Å². The van der Waals surface area contributed by atoms with Gasteiger partial charge in [0.25, 0.3) is 17.8 Å². The van der Waals surface area contributed by atoms with E-state index >= 15 is 0 Å².